The van der Waals surface area contributed by atoms with E-state index in [1.807, 2.05) is 19.1 Å². The van der Waals surface area contributed by atoms with Gasteiger partial charge in [0.1, 0.15) is 0 Å². The van der Waals surface area contributed by atoms with Crippen molar-refractivity contribution in [2.45, 2.75) is 45.6 Å². The molecule has 0 aliphatic heterocycles. The molecule has 0 bridgehead atoms. The number of carbonyl (C=O) groups excluding carboxylic acids is 2. The number of hydrogen-bond acceptors (Lipinski definition) is 3. The Morgan fingerprint density at radius 1 is 1.24 bits per heavy atom. The largest absolute Gasteiger partial charge is 0.327 e. The average Bonchev–Trinajstić information content (AvgIpc) is 2.78. The lowest BCUT2D eigenvalue weighted by Gasteiger charge is -2.16. The highest BCUT2D eigenvalue weighted by molar-refractivity contribution is 5.99. The summed E-state index contributed by atoms with van der Waals surface area (Å²) in [5, 5.41) is 5.62. The average molecular weight is 289 g/mol. The second-order valence-corrected chi connectivity index (χ2v) is 5.84. The van der Waals surface area contributed by atoms with Gasteiger partial charge in [-0.2, -0.15) is 0 Å². The van der Waals surface area contributed by atoms with E-state index in [9.17, 15) is 9.59 Å². The first kappa shape index (κ1) is 15.5. The van der Waals surface area contributed by atoms with E-state index in [1.165, 1.54) is 6.92 Å². The molecule has 2 atom stereocenters. The van der Waals surface area contributed by atoms with Gasteiger partial charge in [-0.3, -0.25) is 9.59 Å². The van der Waals surface area contributed by atoms with Crippen molar-refractivity contribution in [3.05, 3.63) is 23.8 Å². The van der Waals surface area contributed by atoms with Crippen molar-refractivity contribution in [1.29, 1.82) is 0 Å². The first-order valence-corrected chi connectivity index (χ1v) is 7.39. The van der Waals surface area contributed by atoms with E-state index in [-0.39, 0.29) is 23.8 Å². The lowest BCUT2D eigenvalue weighted by Crippen LogP contribution is -2.28. The molecule has 1 aromatic carbocycles. The number of nitrogens with two attached hydrogens (primary N) is 1. The van der Waals surface area contributed by atoms with Crippen LogP contribution in [0.1, 0.15) is 38.2 Å². The van der Waals surface area contributed by atoms with Gasteiger partial charge in [-0.15, -0.1) is 0 Å². The molecule has 1 aliphatic carbocycles. The standard InChI is InChI=1S/C16H23N3O2/c1-10-6-7-14(18-11(2)20)15(8-10)19-16(21)9-12-4-3-5-13(12)17/h6-8,12-13H,3-5,9,17H2,1-2H3,(H,18,20)(H,19,21)/t12-,13+/m0/s1. The fourth-order valence-corrected chi connectivity index (χ4v) is 2.82. The molecule has 4 N–H and O–H groups in total. The highest BCUT2D eigenvalue weighted by Crippen LogP contribution is 2.28. The Bertz CT molecular complexity index is 542. The Morgan fingerprint density at radius 3 is 2.62 bits per heavy atom. The summed E-state index contributed by atoms with van der Waals surface area (Å²) in [6, 6.07) is 5.68. The summed E-state index contributed by atoms with van der Waals surface area (Å²) < 4.78 is 0. The summed E-state index contributed by atoms with van der Waals surface area (Å²) in [6.45, 7) is 3.39. The van der Waals surface area contributed by atoms with E-state index in [2.05, 4.69) is 10.6 Å². The summed E-state index contributed by atoms with van der Waals surface area (Å²) in [5.74, 6) is 0.0562. The molecule has 1 fully saturated rings. The molecule has 0 radical (unpaired) electrons. The van der Waals surface area contributed by atoms with Crippen LogP contribution in [0.15, 0.2) is 18.2 Å². The van der Waals surface area contributed by atoms with Gasteiger partial charge in [-0.1, -0.05) is 12.5 Å². The van der Waals surface area contributed by atoms with Gasteiger partial charge in [0.15, 0.2) is 0 Å². The Kier molecular flexibility index (Phi) is 4.96. The zero-order valence-corrected chi connectivity index (χ0v) is 12.6. The third kappa shape index (κ3) is 4.29. The number of aryl methyl sites for hydroxylation is 1. The molecule has 0 saturated heterocycles. The molecule has 2 amide bonds. The Hall–Kier alpha value is -1.88. The smallest absolute Gasteiger partial charge is 0.224 e. The summed E-state index contributed by atoms with van der Waals surface area (Å²) in [5.41, 5.74) is 8.29. The summed E-state index contributed by atoms with van der Waals surface area (Å²) in [6.07, 6.45) is 3.55. The van der Waals surface area contributed by atoms with E-state index in [4.69, 9.17) is 5.73 Å². The maximum Gasteiger partial charge on any atom is 0.224 e. The van der Waals surface area contributed by atoms with E-state index in [1.54, 1.807) is 6.07 Å². The minimum absolute atomic E-state index is 0.0467. The molecule has 5 nitrogen and oxygen atoms in total. The molecular weight excluding hydrogens is 266 g/mol. The van der Waals surface area contributed by atoms with Crippen LogP contribution >= 0.6 is 0 Å². The monoisotopic (exact) mass is 289 g/mol. The fraction of sp³-hybridized carbons (Fsp3) is 0.500. The zero-order chi connectivity index (χ0) is 15.4. The van der Waals surface area contributed by atoms with Gasteiger partial charge in [-0.05, 0) is 43.4 Å². The van der Waals surface area contributed by atoms with Crippen LogP contribution in [-0.2, 0) is 9.59 Å². The van der Waals surface area contributed by atoms with Crippen molar-refractivity contribution < 1.29 is 9.59 Å². The van der Waals surface area contributed by atoms with Crippen LogP contribution in [0, 0.1) is 12.8 Å². The first-order valence-electron chi connectivity index (χ1n) is 7.39. The van der Waals surface area contributed by atoms with Crippen molar-refractivity contribution in [1.82, 2.24) is 0 Å². The molecule has 1 aliphatic rings. The topological polar surface area (TPSA) is 84.2 Å². The van der Waals surface area contributed by atoms with Gasteiger partial charge in [-0.25, -0.2) is 0 Å². The van der Waals surface area contributed by atoms with Crippen molar-refractivity contribution in [2.75, 3.05) is 10.6 Å². The summed E-state index contributed by atoms with van der Waals surface area (Å²) >= 11 is 0. The molecule has 0 aromatic heterocycles. The van der Waals surface area contributed by atoms with Crippen LogP contribution < -0.4 is 16.4 Å². The number of rotatable bonds is 4. The normalized spacial score (nSPS) is 21.1. The van der Waals surface area contributed by atoms with Crippen LogP contribution in [0.5, 0.6) is 0 Å². The number of hydrogen-bond donors (Lipinski definition) is 3. The molecule has 5 heteroatoms. The van der Waals surface area contributed by atoms with Crippen molar-refractivity contribution in [3.8, 4) is 0 Å². The summed E-state index contributed by atoms with van der Waals surface area (Å²) in [4.78, 5) is 23.4. The van der Waals surface area contributed by atoms with Gasteiger partial charge in [0, 0.05) is 19.4 Å². The van der Waals surface area contributed by atoms with E-state index in [0.717, 1.165) is 24.8 Å². The van der Waals surface area contributed by atoms with E-state index in [0.29, 0.717) is 17.8 Å². The van der Waals surface area contributed by atoms with Crippen LogP contribution in [0.25, 0.3) is 0 Å². The third-order valence-corrected chi connectivity index (χ3v) is 3.93. The molecule has 114 valence electrons. The molecule has 1 saturated carbocycles. The van der Waals surface area contributed by atoms with Crippen LogP contribution in [0.4, 0.5) is 11.4 Å². The third-order valence-electron chi connectivity index (χ3n) is 3.93. The highest BCUT2D eigenvalue weighted by atomic mass is 16.2. The Labute approximate surface area is 125 Å². The number of carbonyl (C=O) groups is 2. The SMILES string of the molecule is CC(=O)Nc1ccc(C)cc1NC(=O)C[C@@H]1CCC[C@H]1N. The molecule has 21 heavy (non-hydrogen) atoms. The van der Waals surface area contributed by atoms with Crippen LogP contribution in [0.2, 0.25) is 0 Å². The quantitative estimate of drug-likeness (QED) is 0.795. The highest BCUT2D eigenvalue weighted by Gasteiger charge is 2.26. The van der Waals surface area contributed by atoms with E-state index < -0.39 is 0 Å². The zero-order valence-electron chi connectivity index (χ0n) is 12.6. The molecule has 0 spiro atoms. The molecule has 0 heterocycles. The van der Waals surface area contributed by atoms with Gasteiger partial charge < -0.3 is 16.4 Å². The second kappa shape index (κ2) is 6.72. The van der Waals surface area contributed by atoms with Gasteiger partial charge in [0.05, 0.1) is 11.4 Å². The number of anilines is 2. The van der Waals surface area contributed by atoms with Crippen molar-refractivity contribution >= 4 is 23.2 Å². The Balaban J connectivity index is 2.05. The lowest BCUT2D eigenvalue weighted by molar-refractivity contribution is -0.117. The fourth-order valence-electron chi connectivity index (χ4n) is 2.82. The lowest BCUT2D eigenvalue weighted by atomic mass is 10.00. The van der Waals surface area contributed by atoms with Crippen LogP contribution in [-0.4, -0.2) is 17.9 Å². The molecule has 1 aromatic rings. The van der Waals surface area contributed by atoms with Gasteiger partial charge in [0.25, 0.3) is 0 Å². The maximum atomic E-state index is 12.2. The van der Waals surface area contributed by atoms with Gasteiger partial charge >= 0.3 is 0 Å². The second-order valence-electron chi connectivity index (χ2n) is 5.84. The minimum Gasteiger partial charge on any atom is -0.327 e. The molecular formula is C16H23N3O2. The number of nitrogens with one attached hydrogen (secondary N) is 2. The first-order chi connectivity index (χ1) is 9.95. The maximum absolute atomic E-state index is 12.2. The predicted molar refractivity (Wildman–Crippen MR) is 84.0 cm³/mol. The van der Waals surface area contributed by atoms with Gasteiger partial charge in [0.2, 0.25) is 11.8 Å². The number of benzene rings is 1. The number of amides is 2. The van der Waals surface area contributed by atoms with Crippen LogP contribution in [0.3, 0.4) is 0 Å². The van der Waals surface area contributed by atoms with E-state index >= 15 is 0 Å². The predicted octanol–water partition coefficient (Wildman–Crippen LogP) is 2.41. The Morgan fingerprint density at radius 2 is 2.00 bits per heavy atom. The minimum atomic E-state index is -0.160. The van der Waals surface area contributed by atoms with Crippen molar-refractivity contribution in [2.24, 2.45) is 11.7 Å². The van der Waals surface area contributed by atoms with Crippen molar-refractivity contribution in [3.63, 3.8) is 0 Å². The molecule has 2 rings (SSSR count). The summed E-state index contributed by atoms with van der Waals surface area (Å²) in [7, 11) is 0. The molecule has 0 unspecified atom stereocenters.